The van der Waals surface area contributed by atoms with Gasteiger partial charge in [-0.15, -0.1) is 0 Å². The summed E-state index contributed by atoms with van der Waals surface area (Å²) in [4.78, 5) is 13.6. The van der Waals surface area contributed by atoms with E-state index >= 15 is 0 Å². The Morgan fingerprint density at radius 1 is 0.347 bits per heavy atom. The highest BCUT2D eigenvalue weighted by molar-refractivity contribution is 5.96. The minimum atomic E-state index is 0.703. The summed E-state index contributed by atoms with van der Waals surface area (Å²) in [5, 5.41) is 4.84. The molecule has 0 spiro atoms. The zero-order valence-corrected chi connectivity index (χ0v) is 26.7. The monoisotopic (exact) mass is 625 g/mol. The van der Waals surface area contributed by atoms with Crippen molar-refractivity contribution in [1.29, 1.82) is 0 Å². The van der Waals surface area contributed by atoms with E-state index in [9.17, 15) is 0 Å². The Kier molecular flexibility index (Phi) is 7.14. The molecule has 2 aromatic heterocycles. The molecule has 0 aliphatic rings. The van der Waals surface area contributed by atoms with Gasteiger partial charge >= 0.3 is 0 Å². The fraction of sp³-hybridized carbons (Fsp3) is 0. The topological polar surface area (TPSA) is 41.6 Å². The van der Waals surface area contributed by atoms with Crippen molar-refractivity contribution in [3.8, 4) is 67.4 Å². The van der Waals surface area contributed by atoms with Crippen molar-refractivity contribution in [3.63, 3.8) is 0 Å². The largest absolute Gasteiger partial charge is 0.361 e. The molecule has 0 aliphatic heterocycles. The first-order chi connectivity index (χ1) is 24.2. The van der Waals surface area contributed by atoms with Crippen LogP contribution in [-0.2, 0) is 0 Å². The van der Waals surface area contributed by atoms with Gasteiger partial charge in [0.2, 0.25) is 0 Å². The van der Waals surface area contributed by atoms with Crippen molar-refractivity contribution in [2.24, 2.45) is 0 Å². The molecule has 0 atom stereocenters. The third-order valence-corrected chi connectivity index (χ3v) is 9.33. The van der Waals surface area contributed by atoms with Crippen LogP contribution in [0, 0.1) is 0 Å². The number of nitrogens with one attached hydrogen (secondary N) is 1. The lowest BCUT2D eigenvalue weighted by atomic mass is 9.98. The lowest BCUT2D eigenvalue weighted by molar-refractivity contribution is 1.18. The molecule has 0 bridgehead atoms. The standard InChI is InChI=1S/C46H31N3/c1-2-9-39-29-40(27-20-31(39)7-1)34-18-25-38(26-19-34)46-48-44(30-45(49-46)42-12-5-10-35-8-3-4-11-41(35)42)37-23-16-33(17-24-37)32-14-21-36(22-15-32)43-13-6-28-47-43/h1-30,47H. The number of hydrogen-bond acceptors (Lipinski definition) is 2. The van der Waals surface area contributed by atoms with Crippen LogP contribution < -0.4 is 0 Å². The Balaban J connectivity index is 1.10. The van der Waals surface area contributed by atoms with Crippen LogP contribution in [-0.4, -0.2) is 15.0 Å². The van der Waals surface area contributed by atoms with Gasteiger partial charge in [0.15, 0.2) is 5.82 Å². The SMILES string of the molecule is c1c[nH]c(-c2ccc(-c3ccc(-c4cc(-c5cccc6ccccc56)nc(-c5ccc(-c6ccc7ccccc7c6)cc5)n4)cc3)cc2)c1. The number of nitrogens with zero attached hydrogens (tertiary/aromatic N) is 2. The maximum absolute atomic E-state index is 5.17. The van der Waals surface area contributed by atoms with Crippen LogP contribution in [0.3, 0.4) is 0 Å². The summed E-state index contributed by atoms with van der Waals surface area (Å²) in [6.45, 7) is 0. The zero-order valence-electron chi connectivity index (χ0n) is 26.7. The second-order valence-electron chi connectivity index (χ2n) is 12.4. The average molecular weight is 626 g/mol. The van der Waals surface area contributed by atoms with E-state index in [1.165, 1.54) is 38.2 Å². The van der Waals surface area contributed by atoms with Gasteiger partial charge in [0.05, 0.1) is 11.4 Å². The van der Waals surface area contributed by atoms with E-state index in [-0.39, 0.29) is 0 Å². The van der Waals surface area contributed by atoms with Gasteiger partial charge in [0, 0.05) is 28.6 Å². The third kappa shape index (κ3) is 5.58. The minimum Gasteiger partial charge on any atom is -0.361 e. The molecule has 7 aromatic carbocycles. The zero-order chi connectivity index (χ0) is 32.6. The van der Waals surface area contributed by atoms with Crippen LogP contribution in [0.5, 0.6) is 0 Å². The van der Waals surface area contributed by atoms with E-state index in [4.69, 9.17) is 9.97 Å². The highest BCUT2D eigenvalue weighted by Crippen LogP contribution is 2.34. The van der Waals surface area contributed by atoms with Gasteiger partial charge in [0.25, 0.3) is 0 Å². The Morgan fingerprint density at radius 2 is 0.918 bits per heavy atom. The molecular formula is C46H31N3. The molecule has 9 rings (SSSR count). The smallest absolute Gasteiger partial charge is 0.160 e. The molecule has 0 fully saturated rings. The van der Waals surface area contributed by atoms with E-state index < -0.39 is 0 Å². The van der Waals surface area contributed by atoms with Crippen LogP contribution >= 0.6 is 0 Å². The van der Waals surface area contributed by atoms with E-state index in [0.717, 1.165) is 44.9 Å². The van der Waals surface area contributed by atoms with Gasteiger partial charge in [-0.05, 0) is 73.6 Å². The van der Waals surface area contributed by atoms with E-state index in [1.54, 1.807) is 0 Å². The molecule has 3 nitrogen and oxygen atoms in total. The molecule has 1 N–H and O–H groups in total. The summed E-state index contributed by atoms with van der Waals surface area (Å²) < 4.78 is 0. The third-order valence-electron chi connectivity index (χ3n) is 9.33. The van der Waals surface area contributed by atoms with Crippen molar-refractivity contribution >= 4 is 21.5 Å². The number of aromatic nitrogens is 3. The van der Waals surface area contributed by atoms with Gasteiger partial charge < -0.3 is 4.98 Å². The number of benzene rings is 7. The molecule has 230 valence electrons. The van der Waals surface area contributed by atoms with Crippen molar-refractivity contribution in [3.05, 3.63) is 182 Å². The highest BCUT2D eigenvalue weighted by Gasteiger charge is 2.13. The average Bonchev–Trinajstić information content (AvgIpc) is 3.73. The Morgan fingerprint density at radius 3 is 1.65 bits per heavy atom. The Bertz CT molecular complexity index is 2560. The van der Waals surface area contributed by atoms with Crippen LogP contribution in [0.2, 0.25) is 0 Å². The first kappa shape index (κ1) is 28.6. The summed E-state index contributed by atoms with van der Waals surface area (Å²) >= 11 is 0. The first-order valence-electron chi connectivity index (χ1n) is 16.6. The number of fused-ring (bicyclic) bond motifs is 2. The van der Waals surface area contributed by atoms with Crippen molar-refractivity contribution in [2.75, 3.05) is 0 Å². The summed E-state index contributed by atoms with van der Waals surface area (Å²) in [5.74, 6) is 0.703. The molecule has 9 aromatic rings. The number of H-pyrrole nitrogens is 1. The molecule has 49 heavy (non-hydrogen) atoms. The van der Waals surface area contributed by atoms with E-state index in [2.05, 4.69) is 175 Å². The van der Waals surface area contributed by atoms with Gasteiger partial charge in [-0.25, -0.2) is 9.97 Å². The minimum absolute atomic E-state index is 0.703. The molecular weight excluding hydrogens is 595 g/mol. The predicted molar refractivity (Wildman–Crippen MR) is 204 cm³/mol. The molecule has 2 heterocycles. The maximum Gasteiger partial charge on any atom is 0.160 e. The molecule has 0 radical (unpaired) electrons. The van der Waals surface area contributed by atoms with Crippen molar-refractivity contribution < 1.29 is 0 Å². The second kappa shape index (κ2) is 12.2. The molecule has 3 heteroatoms. The van der Waals surface area contributed by atoms with Crippen molar-refractivity contribution in [2.45, 2.75) is 0 Å². The van der Waals surface area contributed by atoms with Crippen LogP contribution in [0.1, 0.15) is 0 Å². The number of hydrogen-bond donors (Lipinski definition) is 1. The van der Waals surface area contributed by atoms with E-state index in [0.29, 0.717) is 5.82 Å². The van der Waals surface area contributed by atoms with Gasteiger partial charge in [0.1, 0.15) is 0 Å². The van der Waals surface area contributed by atoms with Crippen LogP contribution in [0.4, 0.5) is 0 Å². The van der Waals surface area contributed by atoms with Crippen LogP contribution in [0.15, 0.2) is 182 Å². The van der Waals surface area contributed by atoms with Crippen LogP contribution in [0.25, 0.3) is 89.0 Å². The molecule has 0 unspecified atom stereocenters. The molecule has 0 aliphatic carbocycles. The van der Waals surface area contributed by atoms with Crippen molar-refractivity contribution in [1.82, 2.24) is 15.0 Å². The van der Waals surface area contributed by atoms with Gasteiger partial charge in [-0.2, -0.15) is 0 Å². The van der Waals surface area contributed by atoms with Gasteiger partial charge in [-0.1, -0.05) is 152 Å². The summed E-state index contributed by atoms with van der Waals surface area (Å²) in [7, 11) is 0. The Labute approximate surface area is 285 Å². The first-order valence-corrected chi connectivity index (χ1v) is 16.6. The van der Waals surface area contributed by atoms with E-state index in [1.807, 2.05) is 12.3 Å². The molecule has 0 saturated heterocycles. The number of aromatic amines is 1. The number of rotatable bonds is 6. The Hall–Kier alpha value is -6.58. The lowest BCUT2D eigenvalue weighted by Gasteiger charge is -2.12. The summed E-state index contributed by atoms with van der Waals surface area (Å²) in [6.07, 6.45) is 1.95. The quantitative estimate of drug-likeness (QED) is 0.200. The second-order valence-corrected chi connectivity index (χ2v) is 12.4. The highest BCUT2D eigenvalue weighted by atomic mass is 14.9. The fourth-order valence-corrected chi connectivity index (χ4v) is 6.68. The molecule has 0 saturated carbocycles. The maximum atomic E-state index is 5.17. The van der Waals surface area contributed by atoms with Gasteiger partial charge in [-0.3, -0.25) is 0 Å². The summed E-state index contributed by atoms with van der Waals surface area (Å²) in [6, 6.07) is 62.2. The fourth-order valence-electron chi connectivity index (χ4n) is 6.68. The molecule has 0 amide bonds. The summed E-state index contributed by atoms with van der Waals surface area (Å²) in [5.41, 5.74) is 11.9. The normalized spacial score (nSPS) is 11.3. The lowest BCUT2D eigenvalue weighted by Crippen LogP contribution is -1.96. The predicted octanol–water partition coefficient (Wildman–Crippen LogP) is 12.1.